The summed E-state index contributed by atoms with van der Waals surface area (Å²) in [5, 5.41) is 4.40. The molecule has 0 atom stereocenters. The second-order valence-corrected chi connectivity index (χ2v) is 16.9. The molecule has 0 unspecified atom stereocenters. The van der Waals surface area contributed by atoms with Gasteiger partial charge in [-0.3, -0.25) is 0 Å². The lowest BCUT2D eigenvalue weighted by molar-refractivity contribution is 1.31. The van der Waals surface area contributed by atoms with E-state index in [-0.39, 0.29) is 0 Å². The van der Waals surface area contributed by atoms with E-state index in [1.54, 1.807) is 45.3 Å². The third kappa shape index (κ3) is 6.29. The number of hydrogen-bond acceptors (Lipinski definition) is 8. The Morgan fingerprint density at radius 2 is 0.685 bits per heavy atom. The van der Waals surface area contributed by atoms with Gasteiger partial charge in [0.25, 0.3) is 0 Å². The van der Waals surface area contributed by atoms with E-state index in [9.17, 15) is 0 Å². The van der Waals surface area contributed by atoms with Crippen molar-refractivity contribution in [2.75, 3.05) is 9.80 Å². The van der Waals surface area contributed by atoms with Gasteiger partial charge in [0.05, 0.1) is 30.2 Å². The lowest BCUT2D eigenvalue weighted by Crippen LogP contribution is -2.08. The van der Waals surface area contributed by atoms with Gasteiger partial charge in [-0.1, -0.05) is 84.9 Å². The number of thiophene rings is 2. The predicted molar refractivity (Wildman–Crippen MR) is 234 cm³/mol. The largest absolute Gasteiger partial charge is 0.302 e. The van der Waals surface area contributed by atoms with Crippen LogP contribution in [0.5, 0.6) is 0 Å². The third-order valence-electron chi connectivity index (χ3n) is 9.25. The van der Waals surface area contributed by atoms with Crippen LogP contribution in [0, 0.1) is 0 Å². The van der Waals surface area contributed by atoms with Crippen LogP contribution < -0.4 is 9.80 Å². The van der Waals surface area contributed by atoms with Crippen LogP contribution in [0.1, 0.15) is 0 Å². The first-order valence-corrected chi connectivity index (χ1v) is 20.8. The first kappa shape index (κ1) is 32.7. The second-order valence-electron chi connectivity index (χ2n) is 12.7. The van der Waals surface area contributed by atoms with E-state index in [2.05, 4.69) is 180 Å². The minimum atomic E-state index is 1.05. The molecule has 0 aliphatic carbocycles. The molecule has 0 amide bonds. The molecular formula is C46H30N4S4. The highest BCUT2D eigenvalue weighted by Gasteiger charge is 2.19. The van der Waals surface area contributed by atoms with Crippen LogP contribution in [0.3, 0.4) is 0 Å². The summed E-state index contributed by atoms with van der Waals surface area (Å²) >= 11 is 7.02. The van der Waals surface area contributed by atoms with Gasteiger partial charge in [-0.2, -0.15) is 0 Å². The molecule has 0 aliphatic rings. The lowest BCUT2D eigenvalue weighted by atomic mass is 10.0. The SMILES string of the molecule is c1ccc(N(c2ccc(-c3ccc(N(c4ccccc4)c4ccc(-c5nc6ccccc6s5)s4)cc3)cc2)c2ccc(-c3nc4ccccc4s3)s2)cc1. The predicted octanol–water partition coefficient (Wildman–Crippen LogP) is 15.0. The summed E-state index contributed by atoms with van der Waals surface area (Å²) < 4.78 is 2.42. The van der Waals surface area contributed by atoms with E-state index >= 15 is 0 Å². The highest BCUT2D eigenvalue weighted by Crippen LogP contribution is 2.45. The van der Waals surface area contributed by atoms with Gasteiger partial charge in [-0.15, -0.1) is 45.3 Å². The van der Waals surface area contributed by atoms with Crippen molar-refractivity contribution in [2.45, 2.75) is 0 Å². The molecule has 4 aromatic heterocycles. The zero-order chi connectivity index (χ0) is 35.8. The van der Waals surface area contributed by atoms with Crippen molar-refractivity contribution in [2.24, 2.45) is 0 Å². The average molecular weight is 767 g/mol. The molecule has 10 aromatic rings. The molecule has 6 aromatic carbocycles. The van der Waals surface area contributed by atoms with E-state index in [0.717, 1.165) is 53.8 Å². The Labute approximate surface area is 329 Å². The third-order valence-corrected chi connectivity index (χ3v) is 13.8. The number of rotatable bonds is 9. The Bertz CT molecular complexity index is 2570. The van der Waals surface area contributed by atoms with Gasteiger partial charge in [-0.25, -0.2) is 9.97 Å². The summed E-state index contributed by atoms with van der Waals surface area (Å²) in [6.07, 6.45) is 0. The maximum Gasteiger partial charge on any atom is 0.134 e. The van der Waals surface area contributed by atoms with Crippen molar-refractivity contribution in [3.05, 3.63) is 182 Å². The summed E-state index contributed by atoms with van der Waals surface area (Å²) in [4.78, 5) is 16.8. The Hall–Kier alpha value is -5.90. The molecular weight excluding hydrogens is 737 g/mol. The molecule has 0 aliphatic heterocycles. The molecule has 0 saturated carbocycles. The van der Waals surface area contributed by atoms with Crippen molar-refractivity contribution >= 4 is 98.5 Å². The number of fused-ring (bicyclic) bond motifs is 2. The number of thiazole rings is 2. The topological polar surface area (TPSA) is 32.3 Å². The molecule has 0 bridgehead atoms. The quantitative estimate of drug-likeness (QED) is 0.146. The molecule has 0 radical (unpaired) electrons. The number of anilines is 6. The molecule has 10 rings (SSSR count). The standard InChI is InChI=1S/C46H30N4S4/c1-3-11-33(12-4-1)49(43-29-27-41(51-43)45-47-37-15-7-9-17-39(37)53-45)35-23-19-31(20-24-35)32-21-25-36(26-22-32)50(34-13-5-2-6-14-34)44-30-28-42(52-44)46-48-38-16-8-10-18-40(38)54-46/h1-30H. The minimum Gasteiger partial charge on any atom is -0.302 e. The fraction of sp³-hybridized carbons (Fsp3) is 0. The minimum absolute atomic E-state index is 1.05. The van der Waals surface area contributed by atoms with Gasteiger partial charge in [0.2, 0.25) is 0 Å². The number of para-hydroxylation sites is 4. The number of aromatic nitrogens is 2. The van der Waals surface area contributed by atoms with Crippen LogP contribution in [0.15, 0.2) is 182 Å². The van der Waals surface area contributed by atoms with Crippen molar-refractivity contribution in [1.82, 2.24) is 9.97 Å². The summed E-state index contributed by atoms with van der Waals surface area (Å²) in [6.45, 7) is 0. The van der Waals surface area contributed by atoms with Gasteiger partial charge in [0.15, 0.2) is 0 Å². The Kier molecular flexibility index (Phi) is 8.58. The Morgan fingerprint density at radius 3 is 1.09 bits per heavy atom. The Balaban J connectivity index is 0.944. The maximum absolute atomic E-state index is 4.92. The monoisotopic (exact) mass is 766 g/mol. The van der Waals surface area contributed by atoms with Gasteiger partial charge < -0.3 is 9.80 Å². The van der Waals surface area contributed by atoms with Crippen LogP contribution in [0.4, 0.5) is 32.8 Å². The number of benzene rings is 6. The van der Waals surface area contributed by atoms with Gasteiger partial charge in [0, 0.05) is 22.7 Å². The average Bonchev–Trinajstić information content (AvgIpc) is 4.06. The summed E-state index contributed by atoms with van der Waals surface area (Å²) in [6, 6.07) is 64.4. The fourth-order valence-electron chi connectivity index (χ4n) is 6.65. The van der Waals surface area contributed by atoms with Crippen LogP contribution in [-0.4, -0.2) is 9.97 Å². The Morgan fingerprint density at radius 1 is 0.315 bits per heavy atom. The van der Waals surface area contributed by atoms with Gasteiger partial charge in [0.1, 0.15) is 20.0 Å². The zero-order valence-electron chi connectivity index (χ0n) is 28.7. The normalized spacial score (nSPS) is 11.3. The smallest absolute Gasteiger partial charge is 0.134 e. The second kappa shape index (κ2) is 14.2. The van der Waals surface area contributed by atoms with Crippen LogP contribution >= 0.6 is 45.3 Å². The highest BCUT2D eigenvalue weighted by atomic mass is 32.1. The molecule has 54 heavy (non-hydrogen) atoms. The van der Waals surface area contributed by atoms with Crippen molar-refractivity contribution < 1.29 is 0 Å². The fourth-order valence-corrected chi connectivity index (χ4v) is 10.8. The van der Waals surface area contributed by atoms with Crippen LogP contribution in [0.25, 0.3) is 51.3 Å². The molecule has 4 heterocycles. The number of nitrogens with zero attached hydrogens (tertiary/aromatic N) is 4. The van der Waals surface area contributed by atoms with Crippen LogP contribution in [0.2, 0.25) is 0 Å². The van der Waals surface area contributed by atoms with Crippen molar-refractivity contribution in [3.63, 3.8) is 0 Å². The van der Waals surface area contributed by atoms with E-state index in [0.29, 0.717) is 0 Å². The van der Waals surface area contributed by atoms with Gasteiger partial charge in [-0.05, 0) is 108 Å². The van der Waals surface area contributed by atoms with Crippen molar-refractivity contribution in [3.8, 4) is 30.9 Å². The molecule has 8 heteroatoms. The van der Waals surface area contributed by atoms with Gasteiger partial charge >= 0.3 is 0 Å². The van der Waals surface area contributed by atoms with E-state index in [4.69, 9.17) is 9.97 Å². The summed E-state index contributed by atoms with van der Waals surface area (Å²) in [5.41, 5.74) is 8.88. The van der Waals surface area contributed by atoms with Crippen LogP contribution in [-0.2, 0) is 0 Å². The summed E-state index contributed by atoms with van der Waals surface area (Å²) in [7, 11) is 0. The molecule has 0 N–H and O–H groups in total. The molecule has 0 spiro atoms. The first-order valence-electron chi connectivity index (χ1n) is 17.6. The highest BCUT2D eigenvalue weighted by molar-refractivity contribution is 7.27. The molecule has 0 fully saturated rings. The molecule has 0 saturated heterocycles. The maximum atomic E-state index is 4.92. The zero-order valence-corrected chi connectivity index (χ0v) is 32.0. The van der Waals surface area contributed by atoms with Crippen molar-refractivity contribution in [1.29, 1.82) is 0 Å². The lowest BCUT2D eigenvalue weighted by Gasteiger charge is -2.24. The molecule has 258 valence electrons. The van der Waals surface area contributed by atoms with E-state index in [1.807, 2.05) is 12.1 Å². The first-order chi connectivity index (χ1) is 26.7. The summed E-state index contributed by atoms with van der Waals surface area (Å²) in [5.74, 6) is 0. The van der Waals surface area contributed by atoms with E-state index < -0.39 is 0 Å². The number of hydrogen-bond donors (Lipinski definition) is 0. The molecule has 4 nitrogen and oxygen atoms in total. The van der Waals surface area contributed by atoms with E-state index in [1.165, 1.54) is 30.3 Å².